The van der Waals surface area contributed by atoms with Gasteiger partial charge in [-0.15, -0.1) is 5.10 Å². The number of hydrogen-bond acceptors (Lipinski definition) is 6. The molecular weight excluding hydrogens is 421 g/mol. The fourth-order valence-corrected chi connectivity index (χ4v) is 3.49. The quantitative estimate of drug-likeness (QED) is 0.395. The van der Waals surface area contributed by atoms with Crippen LogP contribution in [0.2, 0.25) is 0 Å². The van der Waals surface area contributed by atoms with Gasteiger partial charge in [0, 0.05) is 6.20 Å². The first kappa shape index (κ1) is 20.5. The highest BCUT2D eigenvalue weighted by Crippen LogP contribution is 2.24. The Balaban J connectivity index is 1.56. The van der Waals surface area contributed by atoms with Crippen LogP contribution in [-0.2, 0) is 6.54 Å². The molecule has 0 bridgehead atoms. The first-order chi connectivity index (χ1) is 16.1. The van der Waals surface area contributed by atoms with E-state index >= 15 is 0 Å². The summed E-state index contributed by atoms with van der Waals surface area (Å²) in [6.45, 7) is 2.56. The third kappa shape index (κ3) is 4.33. The Bertz CT molecular complexity index is 1410. The predicted octanol–water partition coefficient (Wildman–Crippen LogP) is 4.09. The van der Waals surface area contributed by atoms with Gasteiger partial charge < -0.3 is 4.74 Å². The molecule has 0 radical (unpaired) electrons. The van der Waals surface area contributed by atoms with Gasteiger partial charge in [-0.1, -0.05) is 35.9 Å². The zero-order valence-electron chi connectivity index (χ0n) is 18.1. The number of methoxy groups -OCH3 is 1. The molecule has 0 N–H and O–H groups in total. The lowest BCUT2D eigenvalue weighted by atomic mass is 10.1. The summed E-state index contributed by atoms with van der Waals surface area (Å²) in [6, 6.07) is 14.5. The van der Waals surface area contributed by atoms with E-state index in [4.69, 9.17) is 14.8 Å². The molecule has 164 valence electrons. The van der Waals surface area contributed by atoms with Crippen molar-refractivity contribution < 1.29 is 9.13 Å². The van der Waals surface area contributed by atoms with Gasteiger partial charge in [-0.05, 0) is 30.7 Å². The van der Waals surface area contributed by atoms with Crippen molar-refractivity contribution in [2.75, 3.05) is 7.11 Å². The molecule has 0 atom stereocenters. The number of benzene rings is 2. The van der Waals surface area contributed by atoms with E-state index in [1.807, 2.05) is 29.8 Å². The van der Waals surface area contributed by atoms with Gasteiger partial charge in [0.2, 0.25) is 11.7 Å². The molecule has 5 aromatic rings. The number of nitrogens with zero attached hydrogens (tertiary/aromatic N) is 7. The summed E-state index contributed by atoms with van der Waals surface area (Å²) in [4.78, 5) is 13.3. The lowest BCUT2D eigenvalue weighted by molar-refractivity contribution is 0.396. The SMILES string of the molecule is COc1cnc(-c2nc(-c3cnn(-c4cccc(F)c4)c3)n(Cc3cccc(C)c3)n2)cn1. The van der Waals surface area contributed by atoms with Gasteiger partial charge in [-0.25, -0.2) is 28.7 Å². The highest BCUT2D eigenvalue weighted by Gasteiger charge is 2.17. The molecule has 33 heavy (non-hydrogen) atoms. The molecule has 0 saturated carbocycles. The van der Waals surface area contributed by atoms with E-state index in [-0.39, 0.29) is 5.82 Å². The summed E-state index contributed by atoms with van der Waals surface area (Å²) < 4.78 is 22.2. The van der Waals surface area contributed by atoms with Gasteiger partial charge in [0.1, 0.15) is 11.5 Å². The normalized spacial score (nSPS) is 11.0. The Hall–Kier alpha value is -4.40. The molecule has 0 aliphatic rings. The number of aryl methyl sites for hydroxylation is 1. The Morgan fingerprint density at radius 3 is 2.64 bits per heavy atom. The van der Waals surface area contributed by atoms with Gasteiger partial charge >= 0.3 is 0 Å². The average Bonchev–Trinajstić information content (AvgIpc) is 3.47. The standard InChI is InChI=1S/C24H20FN7O/c1-16-5-3-6-17(9-16)14-32-24(29-23(30-32)21-12-27-22(33-2)13-26-21)18-11-28-31(15-18)20-8-4-7-19(25)10-20/h3-13,15H,14H2,1-2H3. The monoisotopic (exact) mass is 441 g/mol. The number of rotatable bonds is 6. The highest BCUT2D eigenvalue weighted by atomic mass is 19.1. The summed E-state index contributed by atoms with van der Waals surface area (Å²) in [5, 5.41) is 9.09. The minimum absolute atomic E-state index is 0.326. The van der Waals surface area contributed by atoms with E-state index in [2.05, 4.69) is 21.1 Å². The summed E-state index contributed by atoms with van der Waals surface area (Å²) >= 11 is 0. The Labute approximate surface area is 189 Å². The van der Waals surface area contributed by atoms with Crippen LogP contribution in [0.1, 0.15) is 11.1 Å². The smallest absolute Gasteiger partial charge is 0.232 e. The van der Waals surface area contributed by atoms with Crippen molar-refractivity contribution in [2.24, 2.45) is 0 Å². The zero-order valence-corrected chi connectivity index (χ0v) is 18.1. The summed E-state index contributed by atoms with van der Waals surface area (Å²) in [5.41, 5.74) is 4.14. The first-order valence-electron chi connectivity index (χ1n) is 10.3. The van der Waals surface area contributed by atoms with Crippen molar-refractivity contribution >= 4 is 0 Å². The molecule has 2 aromatic carbocycles. The van der Waals surface area contributed by atoms with Crippen LogP contribution < -0.4 is 4.74 Å². The average molecular weight is 441 g/mol. The molecule has 0 spiro atoms. The minimum atomic E-state index is -0.326. The number of hydrogen-bond donors (Lipinski definition) is 0. The van der Waals surface area contributed by atoms with E-state index in [1.54, 1.807) is 35.4 Å². The van der Waals surface area contributed by atoms with Gasteiger partial charge in [0.05, 0.1) is 43.5 Å². The van der Waals surface area contributed by atoms with Crippen LogP contribution >= 0.6 is 0 Å². The molecule has 3 heterocycles. The largest absolute Gasteiger partial charge is 0.480 e. The summed E-state index contributed by atoms with van der Waals surface area (Å²) in [5.74, 6) is 1.14. The van der Waals surface area contributed by atoms with Crippen LogP contribution in [-0.4, -0.2) is 41.6 Å². The maximum absolute atomic E-state index is 13.7. The summed E-state index contributed by atoms with van der Waals surface area (Å²) in [7, 11) is 1.53. The van der Waals surface area contributed by atoms with Crippen molar-refractivity contribution in [2.45, 2.75) is 13.5 Å². The highest BCUT2D eigenvalue weighted by molar-refractivity contribution is 5.59. The van der Waals surface area contributed by atoms with Gasteiger partial charge in [0.25, 0.3) is 0 Å². The number of halogens is 1. The molecule has 0 aliphatic heterocycles. The molecule has 0 unspecified atom stereocenters. The Morgan fingerprint density at radius 1 is 1.00 bits per heavy atom. The first-order valence-corrected chi connectivity index (χ1v) is 10.3. The van der Waals surface area contributed by atoms with Crippen LogP contribution in [0, 0.1) is 12.7 Å². The Kier molecular flexibility index (Phi) is 5.35. The molecule has 0 fully saturated rings. The molecule has 5 rings (SSSR count). The lowest BCUT2D eigenvalue weighted by Gasteiger charge is -2.06. The Morgan fingerprint density at radius 2 is 1.88 bits per heavy atom. The zero-order chi connectivity index (χ0) is 22.8. The second kappa shape index (κ2) is 8.62. The summed E-state index contributed by atoms with van der Waals surface area (Å²) in [6.07, 6.45) is 6.59. The maximum Gasteiger partial charge on any atom is 0.232 e. The second-order valence-electron chi connectivity index (χ2n) is 7.50. The van der Waals surface area contributed by atoms with Crippen molar-refractivity contribution in [3.05, 3.63) is 90.3 Å². The lowest BCUT2D eigenvalue weighted by Crippen LogP contribution is -2.04. The van der Waals surface area contributed by atoms with Gasteiger partial charge in [-0.2, -0.15) is 5.10 Å². The molecule has 0 aliphatic carbocycles. The van der Waals surface area contributed by atoms with E-state index < -0.39 is 0 Å². The van der Waals surface area contributed by atoms with E-state index in [0.717, 1.165) is 16.7 Å². The van der Waals surface area contributed by atoms with Crippen LogP contribution in [0.25, 0.3) is 28.6 Å². The van der Waals surface area contributed by atoms with E-state index in [1.165, 1.54) is 25.4 Å². The van der Waals surface area contributed by atoms with Crippen LogP contribution in [0.15, 0.2) is 73.3 Å². The third-order valence-electron chi connectivity index (χ3n) is 5.07. The van der Waals surface area contributed by atoms with Gasteiger partial charge in [0.15, 0.2) is 5.82 Å². The molecule has 9 heteroatoms. The maximum atomic E-state index is 13.7. The molecular formula is C24H20FN7O. The molecule has 0 saturated heterocycles. The van der Waals surface area contributed by atoms with Crippen molar-refractivity contribution in [3.63, 3.8) is 0 Å². The van der Waals surface area contributed by atoms with E-state index in [0.29, 0.717) is 35.5 Å². The minimum Gasteiger partial charge on any atom is -0.480 e. The topological polar surface area (TPSA) is 83.5 Å². The third-order valence-corrected chi connectivity index (χ3v) is 5.07. The van der Waals surface area contributed by atoms with Crippen LogP contribution in [0.4, 0.5) is 4.39 Å². The molecule has 0 amide bonds. The number of ether oxygens (including phenoxy) is 1. The fraction of sp³-hybridized carbons (Fsp3) is 0.125. The van der Waals surface area contributed by atoms with Crippen LogP contribution in [0.5, 0.6) is 5.88 Å². The molecule has 3 aromatic heterocycles. The van der Waals surface area contributed by atoms with E-state index in [9.17, 15) is 4.39 Å². The number of aromatic nitrogens is 7. The molecule has 8 nitrogen and oxygen atoms in total. The van der Waals surface area contributed by atoms with Crippen molar-refractivity contribution in [1.82, 2.24) is 34.5 Å². The predicted molar refractivity (Wildman–Crippen MR) is 120 cm³/mol. The fourth-order valence-electron chi connectivity index (χ4n) is 3.49. The van der Waals surface area contributed by atoms with Crippen molar-refractivity contribution in [1.29, 1.82) is 0 Å². The van der Waals surface area contributed by atoms with Gasteiger partial charge in [-0.3, -0.25) is 0 Å². The van der Waals surface area contributed by atoms with Crippen LogP contribution in [0.3, 0.4) is 0 Å². The van der Waals surface area contributed by atoms with Crippen molar-refractivity contribution in [3.8, 4) is 34.5 Å². The second-order valence-corrected chi connectivity index (χ2v) is 7.50.